The van der Waals surface area contributed by atoms with Gasteiger partial charge in [-0.2, -0.15) is 0 Å². The minimum atomic E-state index is -3.52. The minimum Gasteiger partial charge on any atom is -0.309 e. The lowest BCUT2D eigenvalue weighted by atomic mass is 10.2. The molecule has 0 fully saturated rings. The maximum Gasteiger partial charge on any atom is 0.227 e. The number of imidazole rings is 1. The van der Waals surface area contributed by atoms with Gasteiger partial charge >= 0.3 is 0 Å². The van der Waals surface area contributed by atoms with Gasteiger partial charge in [0.2, 0.25) is 11.9 Å². The molecule has 0 saturated heterocycles. The molecule has 7 nitrogen and oxygen atoms in total. The molecule has 3 rings (SSSR count). The Morgan fingerprint density at radius 3 is 2.42 bits per heavy atom. The lowest BCUT2D eigenvalue weighted by Gasteiger charge is -2.19. The van der Waals surface area contributed by atoms with Crippen LogP contribution in [0.5, 0.6) is 0 Å². The van der Waals surface area contributed by atoms with Crippen molar-refractivity contribution in [3.05, 3.63) is 54.1 Å². The van der Waals surface area contributed by atoms with Crippen LogP contribution in [0.3, 0.4) is 0 Å². The van der Waals surface area contributed by atoms with Crippen molar-refractivity contribution in [3.63, 3.8) is 0 Å². The molecule has 166 valence electrons. The third-order valence-electron chi connectivity index (χ3n) is 5.42. The van der Waals surface area contributed by atoms with E-state index in [2.05, 4.69) is 29.0 Å². The van der Waals surface area contributed by atoms with E-state index in [1.165, 1.54) is 0 Å². The number of hydrogen-bond acceptors (Lipinski definition) is 5. The Kier molecular flexibility index (Phi) is 7.46. The van der Waals surface area contributed by atoms with Crippen LogP contribution in [0.2, 0.25) is 0 Å². The summed E-state index contributed by atoms with van der Waals surface area (Å²) in [6.45, 7) is 9.54. The first-order valence-corrected chi connectivity index (χ1v) is 12.3. The van der Waals surface area contributed by atoms with E-state index in [1.807, 2.05) is 35.8 Å². The van der Waals surface area contributed by atoms with Gasteiger partial charge in [-0.15, -0.1) is 0 Å². The number of rotatable bonds is 10. The Morgan fingerprint density at radius 2 is 1.74 bits per heavy atom. The second-order valence-corrected chi connectivity index (χ2v) is 9.64. The Labute approximate surface area is 184 Å². The van der Waals surface area contributed by atoms with E-state index in [0.717, 1.165) is 36.2 Å². The van der Waals surface area contributed by atoms with Gasteiger partial charge in [0.1, 0.15) is 0 Å². The highest BCUT2D eigenvalue weighted by atomic mass is 32.2. The summed E-state index contributed by atoms with van der Waals surface area (Å²) >= 11 is 0. The van der Waals surface area contributed by atoms with Crippen molar-refractivity contribution in [1.29, 1.82) is 0 Å². The highest BCUT2D eigenvalue weighted by Crippen LogP contribution is 2.20. The van der Waals surface area contributed by atoms with E-state index in [9.17, 15) is 13.2 Å². The molecule has 0 bridgehead atoms. The first-order valence-electron chi connectivity index (χ1n) is 10.6. The highest BCUT2D eigenvalue weighted by molar-refractivity contribution is 7.91. The van der Waals surface area contributed by atoms with Crippen LogP contribution in [0, 0.1) is 6.92 Å². The fourth-order valence-electron chi connectivity index (χ4n) is 3.46. The minimum absolute atomic E-state index is 0.130. The number of carbonyl (C=O) groups excluding carboxylic acids is 1. The van der Waals surface area contributed by atoms with Crippen molar-refractivity contribution in [2.45, 2.75) is 38.6 Å². The van der Waals surface area contributed by atoms with E-state index >= 15 is 0 Å². The molecule has 0 atom stereocenters. The van der Waals surface area contributed by atoms with E-state index in [-0.39, 0.29) is 23.0 Å². The Bertz CT molecular complexity index is 1130. The van der Waals surface area contributed by atoms with Gasteiger partial charge in [-0.3, -0.25) is 10.1 Å². The number of aromatic nitrogens is 2. The number of anilines is 1. The molecule has 0 aliphatic rings. The second-order valence-electron chi connectivity index (χ2n) is 7.53. The van der Waals surface area contributed by atoms with Gasteiger partial charge in [-0.05, 0) is 44.3 Å². The van der Waals surface area contributed by atoms with Crippen molar-refractivity contribution in [3.8, 4) is 0 Å². The predicted octanol–water partition coefficient (Wildman–Crippen LogP) is 3.49. The van der Waals surface area contributed by atoms with Crippen molar-refractivity contribution < 1.29 is 13.2 Å². The van der Waals surface area contributed by atoms with Crippen molar-refractivity contribution in [2.24, 2.45) is 0 Å². The van der Waals surface area contributed by atoms with E-state index in [4.69, 9.17) is 0 Å². The largest absolute Gasteiger partial charge is 0.309 e. The fourth-order valence-corrected chi connectivity index (χ4v) is 4.70. The average Bonchev–Trinajstić information content (AvgIpc) is 3.10. The molecule has 0 radical (unpaired) electrons. The second kappa shape index (κ2) is 10.1. The molecule has 3 aromatic rings. The third-order valence-corrected chi connectivity index (χ3v) is 7.15. The number of carbonyl (C=O) groups is 1. The number of benzene rings is 2. The number of hydrogen-bond donors (Lipinski definition) is 1. The van der Waals surface area contributed by atoms with Crippen LogP contribution in [0.4, 0.5) is 5.95 Å². The monoisotopic (exact) mass is 442 g/mol. The van der Waals surface area contributed by atoms with Gasteiger partial charge in [0.25, 0.3) is 0 Å². The predicted molar refractivity (Wildman–Crippen MR) is 124 cm³/mol. The summed E-state index contributed by atoms with van der Waals surface area (Å²) < 4.78 is 27.1. The molecule has 8 heteroatoms. The molecule has 0 unspecified atom stereocenters. The molecule has 0 spiro atoms. The highest BCUT2D eigenvalue weighted by Gasteiger charge is 2.18. The van der Waals surface area contributed by atoms with Gasteiger partial charge in [0.05, 0.1) is 21.7 Å². The van der Waals surface area contributed by atoms with Gasteiger partial charge < -0.3 is 9.47 Å². The first-order chi connectivity index (χ1) is 14.8. The van der Waals surface area contributed by atoms with Crippen LogP contribution in [-0.4, -0.2) is 54.2 Å². The molecule has 0 aliphatic carbocycles. The molecule has 2 aromatic carbocycles. The number of nitrogens with zero attached hydrogens (tertiary/aromatic N) is 3. The molecule has 1 amide bonds. The molecule has 1 N–H and O–H groups in total. The SMILES string of the molecule is CCN(CC)CCn1c(NC(=O)CCS(=O)(=O)c2ccc(C)cc2)nc2ccccc21. The smallest absolute Gasteiger partial charge is 0.227 e. The van der Waals surface area contributed by atoms with Gasteiger partial charge in [-0.25, -0.2) is 13.4 Å². The number of sulfone groups is 1. The number of aryl methyl sites for hydroxylation is 1. The number of amides is 1. The van der Waals surface area contributed by atoms with Gasteiger partial charge in [0, 0.05) is 19.5 Å². The maximum atomic E-state index is 12.6. The number of para-hydroxylation sites is 2. The van der Waals surface area contributed by atoms with Crippen molar-refractivity contribution >= 4 is 32.7 Å². The van der Waals surface area contributed by atoms with Gasteiger partial charge in [-0.1, -0.05) is 43.7 Å². The maximum absolute atomic E-state index is 12.6. The van der Waals surface area contributed by atoms with E-state index in [0.29, 0.717) is 12.5 Å². The van der Waals surface area contributed by atoms with Crippen LogP contribution in [-0.2, 0) is 21.2 Å². The Morgan fingerprint density at radius 1 is 1.06 bits per heavy atom. The lowest BCUT2D eigenvalue weighted by Crippen LogP contribution is -2.28. The zero-order valence-corrected chi connectivity index (χ0v) is 19.2. The third kappa shape index (κ3) is 5.71. The van der Waals surface area contributed by atoms with Crippen LogP contribution in [0.25, 0.3) is 11.0 Å². The summed E-state index contributed by atoms with van der Waals surface area (Å²) in [5.41, 5.74) is 2.72. The summed E-state index contributed by atoms with van der Waals surface area (Å²) in [7, 11) is -3.52. The molecule has 1 aromatic heterocycles. The average molecular weight is 443 g/mol. The Hall–Kier alpha value is -2.71. The van der Waals surface area contributed by atoms with Crippen LogP contribution >= 0.6 is 0 Å². The zero-order chi connectivity index (χ0) is 22.4. The zero-order valence-electron chi connectivity index (χ0n) is 18.3. The topological polar surface area (TPSA) is 84.3 Å². The van der Waals surface area contributed by atoms with Gasteiger partial charge in [0.15, 0.2) is 9.84 Å². The quantitative estimate of drug-likeness (QED) is 0.520. The molecule has 1 heterocycles. The van der Waals surface area contributed by atoms with Crippen LogP contribution in [0.1, 0.15) is 25.8 Å². The van der Waals surface area contributed by atoms with Crippen LogP contribution in [0.15, 0.2) is 53.4 Å². The Balaban J connectivity index is 1.72. The normalized spacial score (nSPS) is 11.9. The fraction of sp³-hybridized carbons (Fsp3) is 0.391. The number of nitrogens with one attached hydrogen (secondary N) is 1. The van der Waals surface area contributed by atoms with E-state index < -0.39 is 9.84 Å². The summed E-state index contributed by atoms with van der Waals surface area (Å²) in [5.74, 6) is -0.164. The lowest BCUT2D eigenvalue weighted by molar-refractivity contribution is -0.115. The van der Waals surface area contributed by atoms with Crippen LogP contribution < -0.4 is 5.32 Å². The summed E-state index contributed by atoms with van der Waals surface area (Å²) in [6, 6.07) is 14.4. The van der Waals surface area contributed by atoms with Crippen molar-refractivity contribution in [1.82, 2.24) is 14.5 Å². The molecule has 0 saturated carbocycles. The standard InChI is InChI=1S/C23H30N4O3S/c1-4-26(5-2)15-16-27-21-9-7-6-8-20(21)24-23(27)25-22(28)14-17-31(29,30)19-12-10-18(3)11-13-19/h6-13H,4-5,14-17H2,1-3H3,(H,24,25,28). The number of fused-ring (bicyclic) bond motifs is 1. The summed E-state index contributed by atoms with van der Waals surface area (Å²) in [5, 5.41) is 2.82. The molecular weight excluding hydrogens is 412 g/mol. The first kappa shape index (κ1) is 23.0. The van der Waals surface area contributed by atoms with Crippen molar-refractivity contribution in [2.75, 3.05) is 30.7 Å². The summed E-state index contributed by atoms with van der Waals surface area (Å²) in [4.78, 5) is 19.7. The molecular formula is C23H30N4O3S. The molecule has 0 aliphatic heterocycles. The molecule has 31 heavy (non-hydrogen) atoms. The van der Waals surface area contributed by atoms with E-state index in [1.54, 1.807) is 24.3 Å². The number of likely N-dealkylation sites (N-methyl/N-ethyl adjacent to an activating group) is 1. The summed E-state index contributed by atoms with van der Waals surface area (Å²) in [6.07, 6.45) is -0.130.